The summed E-state index contributed by atoms with van der Waals surface area (Å²) in [5.74, 6) is 0.511. The lowest BCUT2D eigenvalue weighted by Crippen LogP contribution is -2.29. The van der Waals surface area contributed by atoms with Gasteiger partial charge in [-0.25, -0.2) is 26.1 Å². The Kier molecular flexibility index (Phi) is 14.9. The van der Waals surface area contributed by atoms with E-state index in [1.807, 2.05) is 36.4 Å². The first-order valence-corrected chi connectivity index (χ1v) is 25.5. The third-order valence-corrected chi connectivity index (χ3v) is 14.9. The van der Waals surface area contributed by atoms with Gasteiger partial charge in [0.2, 0.25) is 21.3 Å². The normalized spacial score (nSPS) is 11.9. The molecule has 0 saturated carbocycles. The van der Waals surface area contributed by atoms with E-state index in [0.29, 0.717) is 78.3 Å². The van der Waals surface area contributed by atoms with Crippen molar-refractivity contribution in [2.45, 2.75) is 63.7 Å². The second-order valence-electron chi connectivity index (χ2n) is 16.0. The molecule has 1 amide bonds. The largest absolute Gasteiger partial charge is 0.744 e. The Balaban J connectivity index is 1.08. The Morgan fingerprint density at radius 3 is 2.21 bits per heavy atom. The molecule has 1 aliphatic heterocycles. The van der Waals surface area contributed by atoms with Gasteiger partial charge in [-0.3, -0.25) is 14.2 Å². The summed E-state index contributed by atoms with van der Waals surface area (Å²) in [4.78, 5) is 27.6. The fraction of sp³-hybridized carbons (Fsp3) is 0.300. The van der Waals surface area contributed by atoms with Crippen molar-refractivity contribution in [3.05, 3.63) is 124 Å². The SMILES string of the molecule is CCN(CC)c1ccc2c(-c3ccc(S(=O)(=O)NCCCCNC(=O)Cc4c(C)n(C(=O)c5ccc(Cl)cc5)c5ccc(OC)cc45)c(S(=O)(=O)[O-])c3)c3ccc(=[N+](CC)CC)cc-3oc2c1. The number of ether oxygens (including phenoxy) is 1. The molecule has 0 radical (unpaired) electrons. The minimum atomic E-state index is -5.30. The molecule has 4 aromatic carbocycles. The number of fused-ring (bicyclic) bond motifs is 3. The lowest BCUT2D eigenvalue weighted by atomic mass is 9.93. The minimum Gasteiger partial charge on any atom is -0.744 e. The maximum Gasteiger partial charge on any atom is 0.262 e. The lowest BCUT2D eigenvalue weighted by molar-refractivity contribution is -0.120. The molecule has 1 aliphatic carbocycles. The zero-order valence-corrected chi connectivity index (χ0v) is 40.7. The van der Waals surface area contributed by atoms with Crippen LogP contribution < -0.4 is 29.6 Å². The van der Waals surface area contributed by atoms with Crippen LogP contribution in [0.15, 0.2) is 111 Å². The van der Waals surface area contributed by atoms with Crippen LogP contribution in [0.3, 0.4) is 0 Å². The fourth-order valence-corrected chi connectivity index (χ4v) is 11.1. The first-order valence-electron chi connectivity index (χ1n) is 22.2. The highest BCUT2D eigenvalue weighted by atomic mass is 35.5. The molecule has 5 aromatic rings. The number of carbonyl (C=O) groups is 2. The zero-order valence-electron chi connectivity index (χ0n) is 38.3. The molecule has 0 spiro atoms. The number of nitrogens with one attached hydrogen (secondary N) is 2. The van der Waals surface area contributed by atoms with Gasteiger partial charge in [0.25, 0.3) is 5.91 Å². The molecule has 0 saturated heterocycles. The van der Waals surface area contributed by atoms with E-state index in [1.165, 1.54) is 13.2 Å². The average molecular weight is 969 g/mol. The second-order valence-corrected chi connectivity index (χ2v) is 19.5. The number of halogens is 1. The average Bonchev–Trinajstić information content (AvgIpc) is 3.58. The van der Waals surface area contributed by atoms with Gasteiger partial charge in [0.15, 0.2) is 0 Å². The molecular weight excluding hydrogens is 914 g/mol. The minimum absolute atomic E-state index is 0.0382. The van der Waals surface area contributed by atoms with Crippen molar-refractivity contribution in [3.8, 4) is 28.2 Å². The number of sulfonamides is 1. The number of carbonyl (C=O) groups excluding carboxylic acids is 2. The van der Waals surface area contributed by atoms with Gasteiger partial charge in [-0.05, 0) is 131 Å². The zero-order chi connectivity index (χ0) is 48.2. The fourth-order valence-electron chi connectivity index (χ4n) is 8.61. The number of benzene rings is 5. The van der Waals surface area contributed by atoms with Gasteiger partial charge in [-0.1, -0.05) is 17.7 Å². The molecule has 2 heterocycles. The van der Waals surface area contributed by atoms with Crippen molar-refractivity contribution >= 4 is 71.1 Å². The van der Waals surface area contributed by atoms with Crippen molar-refractivity contribution < 1.29 is 40.1 Å². The van der Waals surface area contributed by atoms with Crippen LogP contribution in [0.5, 0.6) is 5.75 Å². The highest BCUT2D eigenvalue weighted by molar-refractivity contribution is 7.91. The Hall–Kier alpha value is -6.04. The Bertz CT molecular complexity index is 3260. The maximum absolute atomic E-state index is 13.7. The number of amides is 1. The maximum atomic E-state index is 13.7. The quantitative estimate of drug-likeness (QED) is 0.0373. The molecule has 1 aromatic heterocycles. The van der Waals surface area contributed by atoms with Gasteiger partial charge in [-0.2, -0.15) is 0 Å². The highest BCUT2D eigenvalue weighted by Gasteiger charge is 2.26. The molecule has 0 bridgehead atoms. The number of anilines is 1. The number of unbranched alkanes of at least 4 members (excludes halogenated alkanes) is 1. The van der Waals surface area contributed by atoms with E-state index in [1.54, 1.807) is 54.0 Å². The van der Waals surface area contributed by atoms with E-state index >= 15 is 0 Å². The van der Waals surface area contributed by atoms with Crippen molar-refractivity contribution in [1.82, 2.24) is 19.2 Å². The second kappa shape index (κ2) is 20.4. The number of methoxy groups -OCH3 is 1. The number of aromatic nitrogens is 1. The number of nitrogens with zero attached hydrogens (tertiary/aromatic N) is 3. The van der Waals surface area contributed by atoms with Gasteiger partial charge in [0, 0.05) is 82.2 Å². The van der Waals surface area contributed by atoms with E-state index < -0.39 is 29.9 Å². The predicted octanol–water partition coefficient (Wildman–Crippen LogP) is 7.80. The first-order chi connectivity index (χ1) is 32.0. The molecule has 2 N–H and O–H groups in total. The summed E-state index contributed by atoms with van der Waals surface area (Å²) in [5.41, 5.74) is 5.32. The Morgan fingerprint density at radius 2 is 1.54 bits per heavy atom. The smallest absolute Gasteiger partial charge is 0.262 e. The monoisotopic (exact) mass is 967 g/mol. The topological polar surface area (TPSA) is 183 Å². The Labute approximate surface area is 396 Å². The molecular formula is C50H54ClN5O9S2. The third kappa shape index (κ3) is 10.3. The summed E-state index contributed by atoms with van der Waals surface area (Å²) in [5, 5.41) is 5.65. The van der Waals surface area contributed by atoms with Crippen molar-refractivity contribution in [2.75, 3.05) is 51.3 Å². The molecule has 2 aliphatic rings. The van der Waals surface area contributed by atoms with E-state index in [-0.39, 0.29) is 37.7 Å². The summed E-state index contributed by atoms with van der Waals surface area (Å²) in [6.07, 6.45) is 0.608. The standard InChI is InChI=1S/C50H54ClN5O9S2/c1-7-54(8-2)36-18-21-39-44(28-36)65-45-29-37(55(9-3)10-4)19-22-40(45)49(39)34-15-24-46(47(27-34)67(61,62)63)66(59,60)53-26-12-11-25-52-48(57)31-41-32(5)56(43-23-20-38(64-6)30-42(41)43)50(58)33-13-16-35(51)17-14-33/h13-24,27-30,53H,7-12,25-26,31H2,1-6H3,(H-,52,57,61,62,63). The Morgan fingerprint density at radius 1 is 0.821 bits per heavy atom. The van der Waals surface area contributed by atoms with Crippen LogP contribution in [0.1, 0.15) is 62.2 Å². The lowest BCUT2D eigenvalue weighted by Gasteiger charge is -2.22. The van der Waals surface area contributed by atoms with E-state index in [2.05, 4.69) is 47.2 Å². The van der Waals surface area contributed by atoms with Gasteiger partial charge >= 0.3 is 0 Å². The number of hydrogen-bond acceptors (Lipinski definition) is 10. The molecule has 7 rings (SSSR count). The summed E-state index contributed by atoms with van der Waals surface area (Å²) < 4.78 is 84.2. The summed E-state index contributed by atoms with van der Waals surface area (Å²) >= 11 is 6.06. The summed E-state index contributed by atoms with van der Waals surface area (Å²) in [6, 6.07) is 27.2. The molecule has 17 heteroatoms. The summed E-state index contributed by atoms with van der Waals surface area (Å²) in [6.45, 7) is 13.2. The molecule has 67 heavy (non-hydrogen) atoms. The van der Waals surface area contributed by atoms with E-state index in [4.69, 9.17) is 20.8 Å². The van der Waals surface area contributed by atoms with E-state index in [0.717, 1.165) is 49.4 Å². The van der Waals surface area contributed by atoms with Crippen molar-refractivity contribution in [3.63, 3.8) is 0 Å². The molecule has 0 atom stereocenters. The van der Waals surface area contributed by atoms with Crippen molar-refractivity contribution in [2.24, 2.45) is 0 Å². The van der Waals surface area contributed by atoms with E-state index in [9.17, 15) is 31.0 Å². The van der Waals surface area contributed by atoms with Crippen LogP contribution in [0.2, 0.25) is 5.02 Å². The van der Waals surface area contributed by atoms with Gasteiger partial charge in [0.1, 0.15) is 40.3 Å². The van der Waals surface area contributed by atoms with Crippen LogP contribution in [0.25, 0.3) is 44.3 Å². The molecule has 352 valence electrons. The van der Waals surface area contributed by atoms with Gasteiger partial charge in [0.05, 0.1) is 34.9 Å². The molecule has 14 nitrogen and oxygen atoms in total. The molecule has 0 fully saturated rings. The van der Waals surface area contributed by atoms with Crippen LogP contribution in [-0.4, -0.2) is 84.1 Å². The van der Waals surface area contributed by atoms with Crippen LogP contribution in [0.4, 0.5) is 5.69 Å². The van der Waals surface area contributed by atoms with Gasteiger partial charge < -0.3 is 23.9 Å². The predicted molar refractivity (Wildman–Crippen MR) is 262 cm³/mol. The number of hydrogen-bond donors (Lipinski definition) is 2. The van der Waals surface area contributed by atoms with Crippen LogP contribution >= 0.6 is 11.6 Å². The molecule has 0 unspecified atom stereocenters. The van der Waals surface area contributed by atoms with Crippen molar-refractivity contribution in [1.29, 1.82) is 0 Å². The number of rotatable bonds is 18. The summed E-state index contributed by atoms with van der Waals surface area (Å²) in [7, 11) is -8.26. The van der Waals surface area contributed by atoms with Gasteiger partial charge in [-0.15, -0.1) is 0 Å². The third-order valence-electron chi connectivity index (χ3n) is 12.1. The first kappa shape index (κ1) is 48.9. The van der Waals surface area contributed by atoms with Crippen LogP contribution in [0, 0.1) is 6.92 Å². The highest BCUT2D eigenvalue weighted by Crippen LogP contribution is 2.42. The van der Waals surface area contributed by atoms with Crippen LogP contribution in [-0.2, 0) is 31.4 Å².